The smallest absolute Gasteiger partial charge is 0.311 e. The second-order valence-electron chi connectivity index (χ2n) is 5.33. The maximum atomic E-state index is 13.7. The molecule has 0 bridgehead atoms. The zero-order valence-corrected chi connectivity index (χ0v) is 10.9. The number of amides is 1. The highest BCUT2D eigenvalue weighted by atomic mass is 19.1. The van der Waals surface area contributed by atoms with Crippen LogP contribution in [-0.4, -0.2) is 35.0 Å². The van der Waals surface area contributed by atoms with Crippen LogP contribution in [0.3, 0.4) is 0 Å². The van der Waals surface area contributed by atoms with E-state index < -0.39 is 23.1 Å². The molecule has 1 aliphatic rings. The molecule has 1 fully saturated rings. The molecule has 0 aromatic heterocycles. The quantitative estimate of drug-likeness (QED) is 0.890. The number of hydrogen-bond acceptors (Lipinski definition) is 2. The fraction of sp³-hybridized carbons (Fsp3) is 0.429. The number of carboxylic acids is 1. The normalized spacial score (nSPS) is 22.6. The molecule has 5 heteroatoms. The molecule has 0 aliphatic carbocycles. The van der Waals surface area contributed by atoms with Gasteiger partial charge in [-0.1, -0.05) is 6.07 Å². The third-order valence-corrected chi connectivity index (χ3v) is 3.63. The average molecular weight is 265 g/mol. The number of carbonyl (C=O) groups is 2. The number of aryl methyl sites for hydroxylation is 1. The summed E-state index contributed by atoms with van der Waals surface area (Å²) in [4.78, 5) is 24.7. The van der Waals surface area contributed by atoms with Crippen molar-refractivity contribution < 1.29 is 19.1 Å². The predicted octanol–water partition coefficient (Wildman–Crippen LogP) is 2.07. The first-order valence-electron chi connectivity index (χ1n) is 6.12. The third-order valence-electron chi connectivity index (χ3n) is 3.63. The number of nitrogens with zero attached hydrogens (tertiary/aromatic N) is 1. The fourth-order valence-corrected chi connectivity index (χ4v) is 2.27. The van der Waals surface area contributed by atoms with E-state index in [0.717, 1.165) is 5.56 Å². The number of benzene rings is 1. The van der Waals surface area contributed by atoms with Gasteiger partial charge in [0, 0.05) is 13.1 Å². The molecule has 102 valence electrons. The molecule has 0 radical (unpaired) electrons. The molecule has 1 aliphatic heterocycles. The van der Waals surface area contributed by atoms with Crippen LogP contribution in [0, 0.1) is 18.2 Å². The molecule has 1 heterocycles. The second kappa shape index (κ2) is 4.64. The highest BCUT2D eigenvalue weighted by Gasteiger charge is 2.42. The monoisotopic (exact) mass is 265 g/mol. The molecule has 0 spiro atoms. The fourth-order valence-electron chi connectivity index (χ4n) is 2.27. The van der Waals surface area contributed by atoms with Gasteiger partial charge in [0.05, 0.1) is 11.0 Å². The van der Waals surface area contributed by atoms with E-state index in [0.29, 0.717) is 13.0 Å². The SMILES string of the molecule is Cc1ccc(C(=O)N2CCC(C)(C(=O)O)C2)c(F)c1. The van der Waals surface area contributed by atoms with Gasteiger partial charge in [0.25, 0.3) is 5.91 Å². The maximum Gasteiger partial charge on any atom is 0.311 e. The molecule has 1 aromatic carbocycles. The highest BCUT2D eigenvalue weighted by molar-refractivity contribution is 5.95. The lowest BCUT2D eigenvalue weighted by atomic mass is 9.90. The molecule has 1 N–H and O–H groups in total. The summed E-state index contributed by atoms with van der Waals surface area (Å²) in [6.45, 7) is 3.81. The van der Waals surface area contributed by atoms with E-state index in [4.69, 9.17) is 5.11 Å². The summed E-state index contributed by atoms with van der Waals surface area (Å²) >= 11 is 0. The largest absolute Gasteiger partial charge is 0.481 e. The van der Waals surface area contributed by atoms with Gasteiger partial charge in [0.15, 0.2) is 0 Å². The van der Waals surface area contributed by atoms with Gasteiger partial charge in [0.1, 0.15) is 5.82 Å². The van der Waals surface area contributed by atoms with E-state index in [1.807, 2.05) is 0 Å². The summed E-state index contributed by atoms with van der Waals surface area (Å²) < 4.78 is 13.7. The minimum Gasteiger partial charge on any atom is -0.481 e. The first-order valence-corrected chi connectivity index (χ1v) is 6.12. The summed E-state index contributed by atoms with van der Waals surface area (Å²) in [5, 5.41) is 9.12. The molecule has 1 atom stereocenters. The number of rotatable bonds is 2. The topological polar surface area (TPSA) is 57.6 Å². The third kappa shape index (κ3) is 2.45. The molecule has 1 aromatic rings. The van der Waals surface area contributed by atoms with Crippen molar-refractivity contribution in [3.05, 3.63) is 35.1 Å². The number of carbonyl (C=O) groups excluding carboxylic acids is 1. The van der Waals surface area contributed by atoms with Crippen LogP contribution in [-0.2, 0) is 4.79 Å². The lowest BCUT2D eigenvalue weighted by molar-refractivity contribution is -0.147. The lowest BCUT2D eigenvalue weighted by Crippen LogP contribution is -2.35. The highest BCUT2D eigenvalue weighted by Crippen LogP contribution is 2.31. The van der Waals surface area contributed by atoms with Gasteiger partial charge >= 0.3 is 5.97 Å². The minimum atomic E-state index is -0.934. The zero-order chi connectivity index (χ0) is 14.2. The lowest BCUT2D eigenvalue weighted by Gasteiger charge is -2.20. The predicted molar refractivity (Wildman–Crippen MR) is 67.4 cm³/mol. The number of aliphatic carboxylic acids is 1. The Bertz CT molecular complexity index is 543. The molecular weight excluding hydrogens is 249 g/mol. The Kier molecular flexibility index (Phi) is 3.30. The van der Waals surface area contributed by atoms with Gasteiger partial charge in [-0.15, -0.1) is 0 Å². The van der Waals surface area contributed by atoms with E-state index in [2.05, 4.69) is 0 Å². The van der Waals surface area contributed by atoms with Gasteiger partial charge in [-0.05, 0) is 38.0 Å². The molecule has 1 unspecified atom stereocenters. The Labute approximate surface area is 110 Å². The van der Waals surface area contributed by atoms with Crippen molar-refractivity contribution in [2.24, 2.45) is 5.41 Å². The first kappa shape index (κ1) is 13.5. The molecule has 0 saturated carbocycles. The van der Waals surface area contributed by atoms with Crippen LogP contribution in [0.4, 0.5) is 4.39 Å². The average Bonchev–Trinajstić information content (AvgIpc) is 2.73. The van der Waals surface area contributed by atoms with E-state index in [1.165, 1.54) is 17.0 Å². The second-order valence-corrected chi connectivity index (χ2v) is 5.33. The number of hydrogen-bond donors (Lipinski definition) is 1. The molecular formula is C14H16FNO3. The zero-order valence-electron chi connectivity index (χ0n) is 10.9. The number of likely N-dealkylation sites (tertiary alicyclic amines) is 1. The first-order chi connectivity index (χ1) is 8.83. The Balaban J connectivity index is 2.20. The van der Waals surface area contributed by atoms with Gasteiger partial charge < -0.3 is 10.0 Å². The Hall–Kier alpha value is -1.91. The van der Waals surface area contributed by atoms with Crippen LogP contribution >= 0.6 is 0 Å². The summed E-state index contributed by atoms with van der Waals surface area (Å²) in [6, 6.07) is 4.42. The van der Waals surface area contributed by atoms with E-state index in [9.17, 15) is 14.0 Å². The van der Waals surface area contributed by atoms with Crippen LogP contribution < -0.4 is 0 Å². The molecule has 1 amide bonds. The van der Waals surface area contributed by atoms with Crippen LogP contribution in [0.5, 0.6) is 0 Å². The molecule has 1 saturated heterocycles. The number of halogens is 1. The summed E-state index contributed by atoms with van der Waals surface area (Å²) in [5.74, 6) is -1.93. The van der Waals surface area contributed by atoms with E-state index in [1.54, 1.807) is 19.9 Å². The molecule has 19 heavy (non-hydrogen) atoms. The molecule has 2 rings (SSSR count). The Morgan fingerprint density at radius 2 is 2.11 bits per heavy atom. The maximum absolute atomic E-state index is 13.7. The van der Waals surface area contributed by atoms with Gasteiger partial charge in [-0.25, -0.2) is 4.39 Å². The molecule has 4 nitrogen and oxygen atoms in total. The van der Waals surface area contributed by atoms with Crippen LogP contribution in [0.2, 0.25) is 0 Å². The van der Waals surface area contributed by atoms with Gasteiger partial charge in [0.2, 0.25) is 0 Å². The van der Waals surface area contributed by atoms with Crippen molar-refractivity contribution in [2.75, 3.05) is 13.1 Å². The van der Waals surface area contributed by atoms with Crippen molar-refractivity contribution >= 4 is 11.9 Å². The van der Waals surface area contributed by atoms with Crippen LogP contribution in [0.1, 0.15) is 29.3 Å². The van der Waals surface area contributed by atoms with E-state index >= 15 is 0 Å². The number of carboxylic acid groups (broad SMARTS) is 1. The Morgan fingerprint density at radius 3 is 2.63 bits per heavy atom. The van der Waals surface area contributed by atoms with Crippen molar-refractivity contribution in [1.82, 2.24) is 4.90 Å². The van der Waals surface area contributed by atoms with Crippen molar-refractivity contribution in [1.29, 1.82) is 0 Å². The summed E-state index contributed by atoms with van der Waals surface area (Å²) in [6.07, 6.45) is 0.390. The Morgan fingerprint density at radius 1 is 1.42 bits per heavy atom. The van der Waals surface area contributed by atoms with Crippen molar-refractivity contribution in [2.45, 2.75) is 20.3 Å². The van der Waals surface area contributed by atoms with Gasteiger partial charge in [-0.3, -0.25) is 9.59 Å². The van der Waals surface area contributed by atoms with Crippen molar-refractivity contribution in [3.63, 3.8) is 0 Å². The van der Waals surface area contributed by atoms with Gasteiger partial charge in [-0.2, -0.15) is 0 Å². The standard InChI is InChI=1S/C14H16FNO3/c1-9-3-4-10(11(15)7-9)12(17)16-6-5-14(2,8-16)13(18)19/h3-4,7H,5-6,8H2,1-2H3,(H,18,19). The van der Waals surface area contributed by atoms with Crippen LogP contribution in [0.25, 0.3) is 0 Å². The van der Waals surface area contributed by atoms with E-state index in [-0.39, 0.29) is 12.1 Å². The minimum absolute atomic E-state index is 0.000221. The van der Waals surface area contributed by atoms with Crippen molar-refractivity contribution in [3.8, 4) is 0 Å². The van der Waals surface area contributed by atoms with Crippen LogP contribution in [0.15, 0.2) is 18.2 Å². The summed E-state index contributed by atoms with van der Waals surface area (Å²) in [7, 11) is 0. The summed E-state index contributed by atoms with van der Waals surface area (Å²) in [5.41, 5.74) is -0.192.